The van der Waals surface area contributed by atoms with E-state index in [1.165, 1.54) is 8.99 Å². The summed E-state index contributed by atoms with van der Waals surface area (Å²) in [6.07, 6.45) is 1.59. The van der Waals surface area contributed by atoms with Gasteiger partial charge in [0, 0.05) is 48.9 Å². The Morgan fingerprint density at radius 3 is 2.40 bits per heavy atom. The Balaban J connectivity index is 1.57. The quantitative estimate of drug-likeness (QED) is 0.337. The summed E-state index contributed by atoms with van der Waals surface area (Å²) in [6, 6.07) is 13.7. The van der Waals surface area contributed by atoms with Crippen LogP contribution in [0.15, 0.2) is 59.5 Å². The van der Waals surface area contributed by atoms with Crippen molar-refractivity contribution in [2.75, 3.05) is 56.6 Å². The lowest BCUT2D eigenvalue weighted by atomic mass is 9.96. The van der Waals surface area contributed by atoms with Gasteiger partial charge in [0.15, 0.2) is 0 Å². The molecule has 0 amide bonds. The van der Waals surface area contributed by atoms with Crippen LogP contribution in [-0.2, 0) is 20.5 Å². The summed E-state index contributed by atoms with van der Waals surface area (Å²) in [5.74, 6) is 0.0473. The van der Waals surface area contributed by atoms with Gasteiger partial charge in [0.1, 0.15) is 5.69 Å². The van der Waals surface area contributed by atoms with E-state index in [9.17, 15) is 13.2 Å². The van der Waals surface area contributed by atoms with E-state index in [0.29, 0.717) is 54.0 Å². The van der Waals surface area contributed by atoms with E-state index in [0.717, 1.165) is 0 Å². The predicted octanol–water partition coefficient (Wildman–Crippen LogP) is 3.56. The summed E-state index contributed by atoms with van der Waals surface area (Å²) in [5, 5.41) is 4.89. The normalized spacial score (nSPS) is 14.8. The number of sulfonamides is 1. The van der Waals surface area contributed by atoms with Gasteiger partial charge in [0.2, 0.25) is 15.8 Å². The van der Waals surface area contributed by atoms with Crippen molar-refractivity contribution in [3.63, 3.8) is 0 Å². The Morgan fingerprint density at radius 1 is 1.05 bits per heavy atom. The molecule has 0 atom stereocenters. The van der Waals surface area contributed by atoms with Gasteiger partial charge in [-0.05, 0) is 42.8 Å². The third-order valence-electron chi connectivity index (χ3n) is 6.57. The maximum absolute atomic E-state index is 13.7. The van der Waals surface area contributed by atoms with Crippen LogP contribution in [0.5, 0.6) is 5.75 Å². The van der Waals surface area contributed by atoms with Crippen molar-refractivity contribution in [3.05, 3.63) is 75.7 Å². The number of hydrogen-bond donors (Lipinski definition) is 1. The Kier molecular flexibility index (Phi) is 9.40. The topological polar surface area (TPSA) is 120 Å². The van der Waals surface area contributed by atoms with Crippen molar-refractivity contribution < 1.29 is 17.9 Å². The molecule has 0 saturated carbocycles. The molecule has 10 nitrogen and oxygen atoms in total. The average Bonchev–Trinajstić information content (AvgIpc) is 2.92. The third-order valence-corrected chi connectivity index (χ3v) is 8.66. The second-order valence-electron chi connectivity index (χ2n) is 10.5. The first kappa shape index (κ1) is 29.9. The van der Waals surface area contributed by atoms with Gasteiger partial charge in [-0.1, -0.05) is 43.6 Å². The van der Waals surface area contributed by atoms with E-state index in [-0.39, 0.29) is 36.6 Å². The Hall–Kier alpha value is -3.12. The number of benzene rings is 2. The second kappa shape index (κ2) is 12.6. The zero-order valence-corrected chi connectivity index (χ0v) is 24.6. The zero-order chi connectivity index (χ0) is 28.9. The number of aromatic nitrogens is 2. The number of nitrogens with two attached hydrogens (primary N) is 1. The SMILES string of the molecule is CCOCC(C)(C)COc1c(N2CCN(S(=O)(=O)Cc3ccc(N)cc3)CC2)cnn(-c2cccc(Cl)c2)c1=O. The molecule has 1 saturated heterocycles. The first-order chi connectivity index (χ1) is 19.0. The van der Waals surface area contributed by atoms with Gasteiger partial charge in [-0.25, -0.2) is 8.42 Å². The molecule has 0 unspecified atom stereocenters. The predicted molar refractivity (Wildman–Crippen MR) is 158 cm³/mol. The minimum absolute atomic E-state index is 0.103. The molecule has 1 aliphatic heterocycles. The van der Waals surface area contributed by atoms with Gasteiger partial charge in [-0.3, -0.25) is 4.79 Å². The van der Waals surface area contributed by atoms with E-state index in [1.54, 1.807) is 54.7 Å². The van der Waals surface area contributed by atoms with E-state index >= 15 is 0 Å². The Labute approximate surface area is 240 Å². The van der Waals surface area contributed by atoms with Gasteiger partial charge in [0.05, 0.1) is 30.9 Å². The molecular formula is C28H36ClN5O5S. The minimum atomic E-state index is -3.53. The van der Waals surface area contributed by atoms with Crippen LogP contribution in [0.25, 0.3) is 5.69 Å². The standard InChI is InChI=1S/C28H36ClN5O5S/c1-4-38-19-28(2,3)20-39-26-25(17-31-34(27(26)35)24-7-5-6-22(29)16-24)32-12-14-33(15-13-32)40(36,37)18-21-8-10-23(30)11-9-21/h5-11,16-17H,4,12-15,18-20,30H2,1-3H3. The number of anilines is 2. The van der Waals surface area contributed by atoms with Crippen molar-refractivity contribution >= 4 is 33.0 Å². The highest BCUT2D eigenvalue weighted by Gasteiger charge is 2.30. The molecule has 1 fully saturated rings. The fraction of sp³-hybridized carbons (Fsp3) is 0.429. The van der Waals surface area contributed by atoms with Crippen LogP contribution < -0.4 is 20.9 Å². The fourth-order valence-electron chi connectivity index (χ4n) is 4.39. The first-order valence-corrected chi connectivity index (χ1v) is 15.1. The monoisotopic (exact) mass is 589 g/mol. The van der Waals surface area contributed by atoms with Gasteiger partial charge >= 0.3 is 5.56 Å². The fourth-order valence-corrected chi connectivity index (χ4v) is 6.09. The van der Waals surface area contributed by atoms with Crippen molar-refractivity contribution in [1.29, 1.82) is 0 Å². The van der Waals surface area contributed by atoms with Crippen LogP contribution in [0, 0.1) is 5.41 Å². The lowest BCUT2D eigenvalue weighted by molar-refractivity contribution is 0.0405. The molecule has 1 aliphatic rings. The summed E-state index contributed by atoms with van der Waals surface area (Å²) >= 11 is 6.16. The molecule has 2 N–H and O–H groups in total. The molecule has 3 aromatic rings. The second-order valence-corrected chi connectivity index (χ2v) is 12.9. The minimum Gasteiger partial charge on any atom is -0.486 e. The molecule has 1 aromatic heterocycles. The highest BCUT2D eigenvalue weighted by atomic mass is 35.5. The van der Waals surface area contributed by atoms with Crippen molar-refractivity contribution in [1.82, 2.24) is 14.1 Å². The molecule has 216 valence electrons. The summed E-state index contributed by atoms with van der Waals surface area (Å²) in [6.45, 7) is 8.52. The summed E-state index contributed by atoms with van der Waals surface area (Å²) < 4.78 is 40.7. The van der Waals surface area contributed by atoms with Crippen LogP contribution in [0.3, 0.4) is 0 Å². The number of nitrogen functional groups attached to an aromatic ring is 1. The van der Waals surface area contributed by atoms with Crippen molar-refractivity contribution in [2.24, 2.45) is 5.41 Å². The van der Waals surface area contributed by atoms with Crippen molar-refractivity contribution in [2.45, 2.75) is 26.5 Å². The molecule has 0 bridgehead atoms. The molecular weight excluding hydrogens is 554 g/mol. The lowest BCUT2D eigenvalue weighted by Gasteiger charge is -2.36. The molecule has 12 heteroatoms. The lowest BCUT2D eigenvalue weighted by Crippen LogP contribution is -2.49. The summed E-state index contributed by atoms with van der Waals surface area (Å²) in [4.78, 5) is 15.6. The van der Waals surface area contributed by atoms with E-state index in [2.05, 4.69) is 5.10 Å². The van der Waals surface area contributed by atoms with Crippen LogP contribution in [0.2, 0.25) is 5.02 Å². The number of hydrogen-bond acceptors (Lipinski definition) is 8. The largest absolute Gasteiger partial charge is 0.486 e. The van der Waals surface area contributed by atoms with E-state index in [1.807, 2.05) is 25.7 Å². The van der Waals surface area contributed by atoms with Gasteiger partial charge < -0.3 is 20.1 Å². The van der Waals surface area contributed by atoms with E-state index < -0.39 is 15.6 Å². The molecule has 4 rings (SSSR count). The van der Waals surface area contributed by atoms with Crippen molar-refractivity contribution in [3.8, 4) is 11.4 Å². The molecule has 2 heterocycles. The number of nitrogens with zero attached hydrogens (tertiary/aromatic N) is 4. The molecule has 0 radical (unpaired) electrons. The van der Waals surface area contributed by atoms with Crippen LogP contribution in [0.4, 0.5) is 11.4 Å². The first-order valence-electron chi connectivity index (χ1n) is 13.1. The van der Waals surface area contributed by atoms with Crippen LogP contribution in [-0.4, -0.2) is 68.5 Å². The smallest absolute Gasteiger partial charge is 0.316 e. The van der Waals surface area contributed by atoms with E-state index in [4.69, 9.17) is 26.8 Å². The van der Waals surface area contributed by atoms with Crippen LogP contribution >= 0.6 is 11.6 Å². The van der Waals surface area contributed by atoms with Gasteiger partial charge in [-0.15, -0.1) is 0 Å². The Bertz CT molecular complexity index is 1470. The van der Waals surface area contributed by atoms with Crippen LogP contribution in [0.1, 0.15) is 26.3 Å². The highest BCUT2D eigenvalue weighted by Crippen LogP contribution is 2.28. The third kappa shape index (κ3) is 7.34. The maximum Gasteiger partial charge on any atom is 0.316 e. The summed E-state index contributed by atoms with van der Waals surface area (Å²) in [7, 11) is -3.53. The molecule has 2 aromatic carbocycles. The molecule has 40 heavy (non-hydrogen) atoms. The average molecular weight is 590 g/mol. The maximum atomic E-state index is 13.7. The Morgan fingerprint density at radius 2 is 1.75 bits per heavy atom. The van der Waals surface area contributed by atoms with Gasteiger partial charge in [-0.2, -0.15) is 14.1 Å². The number of ether oxygens (including phenoxy) is 2. The number of rotatable bonds is 11. The number of piperazine rings is 1. The molecule has 0 aliphatic carbocycles. The number of halogens is 1. The highest BCUT2D eigenvalue weighted by molar-refractivity contribution is 7.88. The zero-order valence-electron chi connectivity index (χ0n) is 23.0. The molecule has 0 spiro atoms. The van der Waals surface area contributed by atoms with Gasteiger partial charge in [0.25, 0.3) is 0 Å². The summed E-state index contributed by atoms with van der Waals surface area (Å²) in [5.41, 5.74) is 7.25.